The van der Waals surface area contributed by atoms with E-state index in [1.165, 1.54) is 0 Å². The van der Waals surface area contributed by atoms with Gasteiger partial charge in [-0.25, -0.2) is 0 Å². The number of carbonyl (C=O) groups excluding carboxylic acids is 1. The van der Waals surface area contributed by atoms with E-state index in [4.69, 9.17) is 9.47 Å². The van der Waals surface area contributed by atoms with Crippen LogP contribution < -0.4 is 14.8 Å². The van der Waals surface area contributed by atoms with E-state index in [0.717, 1.165) is 18.4 Å². The van der Waals surface area contributed by atoms with Crippen LogP contribution in [0.3, 0.4) is 0 Å². The fraction of sp³-hybridized carbons (Fsp3) is 0.333. The van der Waals surface area contributed by atoms with Gasteiger partial charge in [0.1, 0.15) is 23.1 Å². The lowest BCUT2D eigenvalue weighted by atomic mass is 10.1. The summed E-state index contributed by atoms with van der Waals surface area (Å²) < 4.78 is 11.5. The van der Waals surface area contributed by atoms with E-state index < -0.39 is 5.91 Å². The van der Waals surface area contributed by atoms with Crippen molar-refractivity contribution < 1.29 is 14.3 Å². The number of ether oxygens (including phenoxy) is 2. The largest absolute Gasteiger partial charge is 0.493 e. The van der Waals surface area contributed by atoms with Crippen molar-refractivity contribution in [1.82, 2.24) is 5.32 Å². The molecule has 2 rings (SSSR count). The highest BCUT2D eigenvalue weighted by atomic mass is 16.5. The molecule has 0 atom stereocenters. The molecule has 0 aliphatic heterocycles. The number of nitrogens with one attached hydrogen (secondary N) is 1. The van der Waals surface area contributed by atoms with Gasteiger partial charge in [-0.05, 0) is 43.0 Å². The van der Waals surface area contributed by atoms with Crippen molar-refractivity contribution in [2.75, 3.05) is 19.8 Å². The van der Waals surface area contributed by atoms with Gasteiger partial charge in [0.05, 0.1) is 13.2 Å². The Labute approximate surface area is 173 Å². The van der Waals surface area contributed by atoms with Crippen LogP contribution in [0.5, 0.6) is 11.5 Å². The predicted octanol–water partition coefficient (Wildman–Crippen LogP) is 4.53. The summed E-state index contributed by atoms with van der Waals surface area (Å²) >= 11 is 0. The zero-order valence-corrected chi connectivity index (χ0v) is 17.1. The van der Waals surface area contributed by atoms with E-state index in [-0.39, 0.29) is 5.57 Å². The summed E-state index contributed by atoms with van der Waals surface area (Å²) in [5.41, 5.74) is 1.85. The van der Waals surface area contributed by atoms with Gasteiger partial charge in [0, 0.05) is 18.2 Å². The van der Waals surface area contributed by atoms with Gasteiger partial charge in [0.2, 0.25) is 0 Å². The smallest absolute Gasteiger partial charge is 0.261 e. The van der Waals surface area contributed by atoms with Crippen LogP contribution in [0.25, 0.3) is 6.08 Å². The Morgan fingerprint density at radius 2 is 1.79 bits per heavy atom. The number of hydrogen-bond acceptors (Lipinski definition) is 4. The van der Waals surface area contributed by atoms with Crippen molar-refractivity contribution >= 4 is 12.0 Å². The molecule has 2 aromatic carbocycles. The lowest BCUT2D eigenvalue weighted by molar-refractivity contribution is -0.117. The second kappa shape index (κ2) is 12.2. The summed E-state index contributed by atoms with van der Waals surface area (Å²) in [5, 5.41) is 12.3. The highest BCUT2D eigenvalue weighted by Gasteiger charge is 2.12. The van der Waals surface area contributed by atoms with Crippen LogP contribution in [0.4, 0.5) is 0 Å². The van der Waals surface area contributed by atoms with E-state index in [2.05, 4.69) is 5.32 Å². The van der Waals surface area contributed by atoms with Crippen LogP contribution in [-0.4, -0.2) is 25.7 Å². The average molecular weight is 392 g/mol. The Morgan fingerprint density at radius 3 is 2.48 bits per heavy atom. The molecule has 0 aliphatic rings. The maximum absolute atomic E-state index is 12.4. The molecule has 5 nitrogen and oxygen atoms in total. The molecule has 152 valence electrons. The third-order valence-corrected chi connectivity index (χ3v) is 4.13. The van der Waals surface area contributed by atoms with Crippen LogP contribution >= 0.6 is 0 Å². The van der Waals surface area contributed by atoms with Crippen LogP contribution in [0.2, 0.25) is 0 Å². The van der Waals surface area contributed by atoms with E-state index in [1.54, 1.807) is 12.1 Å². The van der Waals surface area contributed by atoms with Gasteiger partial charge in [-0.15, -0.1) is 0 Å². The van der Waals surface area contributed by atoms with E-state index in [1.807, 2.05) is 62.4 Å². The molecule has 1 amide bonds. The quantitative estimate of drug-likeness (QED) is 0.450. The highest BCUT2D eigenvalue weighted by molar-refractivity contribution is 6.02. The first kappa shape index (κ1) is 22.0. The molecule has 0 aromatic heterocycles. The molecule has 0 radical (unpaired) electrons. The summed E-state index contributed by atoms with van der Waals surface area (Å²) in [6.45, 7) is 5.69. The minimum atomic E-state index is -0.392. The lowest BCUT2D eigenvalue weighted by Gasteiger charge is -2.12. The number of hydrogen-bond donors (Lipinski definition) is 1. The molecule has 0 spiro atoms. The number of amides is 1. The average Bonchev–Trinajstić information content (AvgIpc) is 2.75. The third-order valence-electron chi connectivity index (χ3n) is 4.13. The molecular weight excluding hydrogens is 364 g/mol. The lowest BCUT2D eigenvalue weighted by Crippen LogP contribution is -2.26. The summed E-state index contributed by atoms with van der Waals surface area (Å²) in [4.78, 5) is 12.4. The molecule has 0 unspecified atom stereocenters. The van der Waals surface area contributed by atoms with Crippen molar-refractivity contribution in [3.63, 3.8) is 0 Å². The standard InChI is InChI=1S/C24H28N2O3/c1-3-14-28-22-11-10-20(23(17-22)29-15-4-2)16-21(18-25)24(27)26-13-12-19-8-6-5-7-9-19/h5-11,16-17H,3-4,12-15H2,1-2H3,(H,26,27)/b21-16-. The highest BCUT2D eigenvalue weighted by Crippen LogP contribution is 2.27. The van der Waals surface area contributed by atoms with Gasteiger partial charge in [-0.1, -0.05) is 44.2 Å². The van der Waals surface area contributed by atoms with Gasteiger partial charge in [0.25, 0.3) is 5.91 Å². The zero-order valence-electron chi connectivity index (χ0n) is 17.1. The number of nitrogens with zero attached hydrogens (tertiary/aromatic N) is 1. The van der Waals surface area contributed by atoms with E-state index in [9.17, 15) is 10.1 Å². The fourth-order valence-corrected chi connectivity index (χ4v) is 2.65. The predicted molar refractivity (Wildman–Crippen MR) is 115 cm³/mol. The Bertz CT molecular complexity index is 854. The van der Waals surface area contributed by atoms with Gasteiger partial charge in [-0.2, -0.15) is 5.26 Å². The molecule has 29 heavy (non-hydrogen) atoms. The van der Waals surface area contributed by atoms with Crippen LogP contribution in [0.15, 0.2) is 54.1 Å². The summed E-state index contributed by atoms with van der Waals surface area (Å²) in [6, 6.07) is 17.3. The van der Waals surface area contributed by atoms with Crippen molar-refractivity contribution in [3.8, 4) is 17.6 Å². The van der Waals surface area contributed by atoms with Crippen molar-refractivity contribution in [2.45, 2.75) is 33.1 Å². The van der Waals surface area contributed by atoms with Gasteiger partial charge in [-0.3, -0.25) is 4.79 Å². The van der Waals surface area contributed by atoms with Crippen molar-refractivity contribution in [2.24, 2.45) is 0 Å². The van der Waals surface area contributed by atoms with E-state index >= 15 is 0 Å². The maximum Gasteiger partial charge on any atom is 0.261 e. The van der Waals surface area contributed by atoms with Crippen LogP contribution in [-0.2, 0) is 11.2 Å². The maximum atomic E-state index is 12.4. The third kappa shape index (κ3) is 7.34. The molecule has 5 heteroatoms. The molecule has 1 N–H and O–H groups in total. The SMILES string of the molecule is CCCOc1ccc(/C=C(/C#N)C(=O)NCCc2ccccc2)c(OCCC)c1. The minimum absolute atomic E-state index is 0.0432. The molecule has 0 heterocycles. The molecular formula is C24H28N2O3. The Hall–Kier alpha value is -3.26. The number of rotatable bonds is 11. The molecule has 0 bridgehead atoms. The first-order valence-corrected chi connectivity index (χ1v) is 10.0. The summed E-state index contributed by atoms with van der Waals surface area (Å²) in [5.74, 6) is 0.919. The fourth-order valence-electron chi connectivity index (χ4n) is 2.65. The zero-order chi connectivity index (χ0) is 20.9. The van der Waals surface area contributed by atoms with Gasteiger partial charge >= 0.3 is 0 Å². The van der Waals surface area contributed by atoms with Crippen LogP contribution in [0.1, 0.15) is 37.8 Å². The number of nitriles is 1. The Kier molecular flexibility index (Phi) is 9.31. The molecule has 0 saturated heterocycles. The van der Waals surface area contributed by atoms with Gasteiger partial charge < -0.3 is 14.8 Å². The Morgan fingerprint density at radius 1 is 1.07 bits per heavy atom. The first-order chi connectivity index (χ1) is 14.2. The normalized spacial score (nSPS) is 10.9. The number of carbonyl (C=O) groups is 1. The van der Waals surface area contributed by atoms with Crippen molar-refractivity contribution in [3.05, 3.63) is 65.2 Å². The minimum Gasteiger partial charge on any atom is -0.493 e. The number of benzene rings is 2. The monoisotopic (exact) mass is 392 g/mol. The molecule has 2 aromatic rings. The van der Waals surface area contributed by atoms with Crippen LogP contribution in [0, 0.1) is 11.3 Å². The molecule has 0 fully saturated rings. The Balaban J connectivity index is 2.10. The van der Waals surface area contributed by atoms with E-state index in [0.29, 0.717) is 43.2 Å². The molecule has 0 saturated carbocycles. The second-order valence-corrected chi connectivity index (χ2v) is 6.56. The first-order valence-electron chi connectivity index (χ1n) is 10.0. The second-order valence-electron chi connectivity index (χ2n) is 6.56. The topological polar surface area (TPSA) is 71.3 Å². The molecule has 0 aliphatic carbocycles. The van der Waals surface area contributed by atoms with Gasteiger partial charge in [0.15, 0.2) is 0 Å². The van der Waals surface area contributed by atoms with Crippen molar-refractivity contribution in [1.29, 1.82) is 5.26 Å². The summed E-state index contributed by atoms with van der Waals surface area (Å²) in [6.07, 6.45) is 4.04. The summed E-state index contributed by atoms with van der Waals surface area (Å²) in [7, 11) is 0.